The maximum Gasteiger partial charge on any atom is 0.245 e. The second-order valence-corrected chi connectivity index (χ2v) is 27.2. The van der Waals surface area contributed by atoms with Crippen LogP contribution in [0.15, 0.2) is 78.3 Å². The fourth-order valence-corrected chi connectivity index (χ4v) is 12.0. The highest BCUT2D eigenvalue weighted by molar-refractivity contribution is 6.00. The van der Waals surface area contributed by atoms with Crippen molar-refractivity contribution >= 4 is 93.7 Å². The van der Waals surface area contributed by atoms with Crippen LogP contribution in [-0.4, -0.2) is 236 Å². The standard InChI is InChI=1S/C71H109N21O16/c1-7-39(5)57(91-69(107)58(40(6)8-2)90-66(104)53(36-95)87-60(98)45(73)34-93)68(106)88-52(35-94)65(103)86-51(30-43-32-77-37-81-43)64(102)84-49(28-41-18-10-9-11-19-41)63(101)83-47(23-16-26-78-71(75)76)62(100)85-50(29-42-31-79-46-21-13-12-20-44(42)46)61(99)80-33-55(96)82-48(22-14-15-25-72)70(108)92-27-17-24-54(92)67(105)89-56(38(3)4)59(74)97/h9-13,18-21,31-32,37-40,45,47-54,56-58,79,93-95H,7-8,14-17,22-30,33-36,72-73H2,1-6H3,(H2,74,97)(H,77,81)(H,80,99)(H,82,96)(H,83,101)(H,84,102)(H,85,100)(H,86,103)(H,87,98)(H,88,106)(H,89,105)(H,90,104)(H,91,107)(H4,75,76,78)/t39-,40-,45-,47-,48?,49-,50?,51?,52-,53?,54?,56-,57?,58-/m0/s1. The number of fused-ring (bicyclic) bond motifs is 1. The highest BCUT2D eigenvalue weighted by Crippen LogP contribution is 2.23. The van der Waals surface area contributed by atoms with Crippen molar-refractivity contribution in [2.45, 2.75) is 191 Å². The molecule has 1 saturated heterocycles. The number of carbonyl (C=O) groups is 13. The number of likely N-dealkylation sites (tertiary alicyclic amines) is 1. The van der Waals surface area contributed by atoms with Crippen LogP contribution in [0.1, 0.15) is 116 Å². The van der Waals surface area contributed by atoms with Gasteiger partial charge in [0.25, 0.3) is 0 Å². The molecule has 1 aliphatic rings. The number of nitrogens with two attached hydrogens (primary N) is 5. The monoisotopic (exact) mass is 1510 g/mol. The number of H-pyrrole nitrogens is 2. The molecule has 0 aliphatic carbocycles. The lowest BCUT2D eigenvalue weighted by Gasteiger charge is -2.30. The van der Waals surface area contributed by atoms with Crippen molar-refractivity contribution in [1.82, 2.24) is 78.3 Å². The van der Waals surface area contributed by atoms with Gasteiger partial charge in [-0.1, -0.05) is 103 Å². The molecular weight excluding hydrogens is 1400 g/mol. The number of unbranched alkanes of at least 4 members (excludes halogenated alkanes) is 1. The normalized spacial score (nSPS) is 16.3. The maximum atomic E-state index is 15.1. The van der Waals surface area contributed by atoms with E-state index in [0.717, 1.165) is 0 Å². The number of benzene rings is 2. The van der Waals surface area contributed by atoms with E-state index in [1.807, 2.05) is 0 Å². The van der Waals surface area contributed by atoms with Crippen molar-refractivity contribution in [3.05, 3.63) is 90.1 Å². The first-order valence-electron chi connectivity index (χ1n) is 36.3. The van der Waals surface area contributed by atoms with Gasteiger partial charge in [0, 0.05) is 61.3 Å². The maximum absolute atomic E-state index is 15.1. The molecule has 13 amide bonds. The second kappa shape index (κ2) is 44.5. The number of aromatic nitrogens is 3. The van der Waals surface area contributed by atoms with Crippen molar-refractivity contribution in [3.8, 4) is 0 Å². The third-order valence-corrected chi connectivity index (χ3v) is 18.7. The van der Waals surface area contributed by atoms with Gasteiger partial charge < -0.3 is 117 Å². The summed E-state index contributed by atoms with van der Waals surface area (Å²) in [6.45, 7) is 7.07. The predicted octanol–water partition coefficient (Wildman–Crippen LogP) is -5.41. The van der Waals surface area contributed by atoms with Gasteiger partial charge in [-0.3, -0.25) is 67.3 Å². The molecule has 1 aliphatic heterocycles. The Morgan fingerprint density at radius 2 is 1.11 bits per heavy atom. The molecule has 5 rings (SSSR count). The number of hydrogen-bond donors (Lipinski definition) is 21. The number of primary amides is 1. The molecule has 594 valence electrons. The Kier molecular flexibility index (Phi) is 36.2. The number of rotatable bonds is 46. The van der Waals surface area contributed by atoms with Crippen LogP contribution in [0.2, 0.25) is 0 Å². The van der Waals surface area contributed by atoms with Gasteiger partial charge in [-0.15, -0.1) is 0 Å². The summed E-state index contributed by atoms with van der Waals surface area (Å²) in [4.78, 5) is 198. The van der Waals surface area contributed by atoms with Crippen LogP contribution in [-0.2, 0) is 81.6 Å². The summed E-state index contributed by atoms with van der Waals surface area (Å²) < 4.78 is 0. The number of nitrogens with one attached hydrogen (secondary N) is 13. The fraction of sp³-hybridized carbons (Fsp3) is 0.563. The van der Waals surface area contributed by atoms with Crippen LogP contribution < -0.4 is 87.2 Å². The molecule has 0 saturated carbocycles. The van der Waals surface area contributed by atoms with E-state index in [0.29, 0.717) is 53.4 Å². The summed E-state index contributed by atoms with van der Waals surface area (Å²) in [5, 5.41) is 59.2. The minimum absolute atomic E-state index is 0.0367. The molecule has 0 bridgehead atoms. The molecule has 2 aromatic carbocycles. The number of carbonyl (C=O) groups excluding carboxylic acids is 13. The molecule has 108 heavy (non-hydrogen) atoms. The number of aliphatic hydroxyl groups excluding tert-OH is 3. The molecule has 2 aromatic heterocycles. The third-order valence-electron chi connectivity index (χ3n) is 18.7. The van der Waals surface area contributed by atoms with Gasteiger partial charge in [0.05, 0.1) is 32.7 Å². The number of aliphatic hydroxyl groups is 3. The molecule has 3 heterocycles. The predicted molar refractivity (Wildman–Crippen MR) is 396 cm³/mol. The Labute approximate surface area is 625 Å². The quantitative estimate of drug-likeness (QED) is 0.0112. The van der Waals surface area contributed by atoms with Crippen LogP contribution in [0, 0.1) is 17.8 Å². The Hall–Kier alpha value is -10.6. The van der Waals surface area contributed by atoms with Crippen molar-refractivity contribution in [3.63, 3.8) is 0 Å². The van der Waals surface area contributed by atoms with Crippen molar-refractivity contribution in [1.29, 1.82) is 0 Å². The van der Waals surface area contributed by atoms with E-state index in [2.05, 4.69) is 78.4 Å². The first kappa shape index (κ1) is 88.0. The van der Waals surface area contributed by atoms with Crippen LogP contribution in [0.4, 0.5) is 0 Å². The molecular formula is C71H109N21O16. The van der Waals surface area contributed by atoms with E-state index in [1.165, 1.54) is 17.4 Å². The van der Waals surface area contributed by atoms with Gasteiger partial charge in [-0.25, -0.2) is 4.98 Å². The number of aliphatic imine (C=N–C) groups is 1. The lowest BCUT2D eigenvalue weighted by Crippen LogP contribution is -2.63. The number of imidazole rings is 1. The van der Waals surface area contributed by atoms with E-state index in [9.17, 15) is 68.1 Å². The van der Waals surface area contributed by atoms with Gasteiger partial charge in [0.1, 0.15) is 72.5 Å². The van der Waals surface area contributed by atoms with Gasteiger partial charge in [-0.2, -0.15) is 0 Å². The van der Waals surface area contributed by atoms with Gasteiger partial charge >= 0.3 is 0 Å². The first-order valence-corrected chi connectivity index (χ1v) is 36.3. The smallest absolute Gasteiger partial charge is 0.245 e. The molecule has 26 N–H and O–H groups in total. The van der Waals surface area contributed by atoms with Gasteiger partial charge in [0.15, 0.2) is 5.96 Å². The largest absolute Gasteiger partial charge is 0.394 e. The van der Waals surface area contributed by atoms with Gasteiger partial charge in [-0.05, 0) is 86.4 Å². The number of aromatic amines is 2. The molecule has 37 heteroatoms. The molecule has 6 unspecified atom stereocenters. The lowest BCUT2D eigenvalue weighted by molar-refractivity contribution is -0.142. The van der Waals surface area contributed by atoms with E-state index >= 15 is 9.59 Å². The number of hydrogen-bond acceptors (Lipinski definition) is 20. The number of guanidine groups is 1. The lowest BCUT2D eigenvalue weighted by atomic mass is 9.94. The van der Waals surface area contributed by atoms with Crippen molar-refractivity contribution in [2.75, 3.05) is 46.0 Å². The zero-order valence-electron chi connectivity index (χ0n) is 61.9. The summed E-state index contributed by atoms with van der Waals surface area (Å²) >= 11 is 0. The zero-order chi connectivity index (χ0) is 79.7. The SMILES string of the molecule is CC[C@H](C)C(NC(=O)[C@@H](NC(=O)C(CO)NC(=O)[C@@H](N)CO)[C@@H](C)CC)C(=O)N[C@@H](CO)C(=O)NC(Cc1cnc[nH]1)C(=O)N[C@@H](Cc1ccccc1)C(=O)N[C@@H](CCCN=C(N)N)C(=O)NC(Cc1c[nH]c2ccccc12)C(=O)NCC(=O)NC(CCCCN)C(=O)N1CCCC1C(=O)N[C@H](C(N)=O)C(C)C. The molecule has 0 spiro atoms. The number of nitrogens with zero attached hydrogens (tertiary/aromatic N) is 3. The van der Waals surface area contributed by atoms with Crippen LogP contribution in [0.25, 0.3) is 10.9 Å². The highest BCUT2D eigenvalue weighted by Gasteiger charge is 2.41. The topological polar surface area (TPSA) is 605 Å². The van der Waals surface area contributed by atoms with Crippen LogP contribution in [0.5, 0.6) is 0 Å². The Balaban J connectivity index is 1.41. The summed E-state index contributed by atoms with van der Waals surface area (Å²) in [7, 11) is 0. The van der Waals surface area contributed by atoms with E-state index in [-0.39, 0.29) is 82.9 Å². The zero-order valence-corrected chi connectivity index (χ0v) is 61.9. The van der Waals surface area contributed by atoms with Crippen LogP contribution >= 0.6 is 0 Å². The average Bonchev–Trinajstić information content (AvgIpc) is 1.66. The Morgan fingerprint density at radius 3 is 1.69 bits per heavy atom. The van der Waals surface area contributed by atoms with E-state index in [1.54, 1.807) is 102 Å². The summed E-state index contributed by atoms with van der Waals surface area (Å²) in [6, 6.07) is -1.34. The summed E-state index contributed by atoms with van der Waals surface area (Å²) in [5.41, 5.74) is 30.3. The van der Waals surface area contributed by atoms with E-state index in [4.69, 9.17) is 28.7 Å². The molecule has 4 aromatic rings. The minimum atomic E-state index is -1.80. The minimum Gasteiger partial charge on any atom is -0.394 e. The first-order chi connectivity index (χ1) is 51.5. The van der Waals surface area contributed by atoms with Gasteiger partial charge in [0.2, 0.25) is 76.8 Å². The summed E-state index contributed by atoms with van der Waals surface area (Å²) in [5.74, 6) is -13.2. The third kappa shape index (κ3) is 27.0. The number of amides is 13. The molecule has 1 fully saturated rings. The average molecular weight is 1510 g/mol. The summed E-state index contributed by atoms with van der Waals surface area (Å²) in [6.07, 6.45) is 5.76. The molecule has 0 radical (unpaired) electrons. The van der Waals surface area contributed by atoms with Crippen LogP contribution in [0.3, 0.4) is 0 Å². The fourth-order valence-electron chi connectivity index (χ4n) is 12.0. The van der Waals surface area contributed by atoms with Crippen molar-refractivity contribution < 1.29 is 77.6 Å². The number of para-hydroxylation sites is 1. The second-order valence-electron chi connectivity index (χ2n) is 27.2. The Bertz CT molecular complexity index is 3690. The highest BCUT2D eigenvalue weighted by atomic mass is 16.3. The van der Waals surface area contributed by atoms with E-state index < -0.39 is 187 Å². The van der Waals surface area contributed by atoms with Crippen molar-refractivity contribution in [2.24, 2.45) is 51.4 Å². The Morgan fingerprint density at radius 1 is 0.574 bits per heavy atom. The molecule has 14 atom stereocenters. The molecule has 37 nitrogen and oxygen atoms in total.